The molecule has 0 aromatic rings. The Balaban J connectivity index is 2.26. The van der Waals surface area contributed by atoms with Crippen LogP contribution in [0.2, 0.25) is 0 Å². The van der Waals surface area contributed by atoms with E-state index in [1.807, 2.05) is 13.0 Å². The Morgan fingerprint density at radius 2 is 1.94 bits per heavy atom. The Kier molecular flexibility index (Phi) is 5.61. The van der Waals surface area contributed by atoms with Crippen molar-refractivity contribution in [3.05, 3.63) is 0 Å². The van der Waals surface area contributed by atoms with Gasteiger partial charge in [0.15, 0.2) is 12.2 Å². The van der Waals surface area contributed by atoms with Crippen LogP contribution in [-0.4, -0.2) is 44.8 Å². The van der Waals surface area contributed by atoms with E-state index < -0.39 is 18.4 Å². The van der Waals surface area contributed by atoms with Crippen LogP contribution in [0.3, 0.4) is 0 Å². The number of rotatable bonds is 7. The highest BCUT2D eigenvalue weighted by molar-refractivity contribution is 5.62. The van der Waals surface area contributed by atoms with Crippen LogP contribution in [0.15, 0.2) is 0 Å². The average Bonchev–Trinajstić information content (AvgIpc) is 2.62. The Morgan fingerprint density at radius 3 is 2.50 bits per heavy atom. The molecule has 0 aromatic carbocycles. The molecule has 2 unspecified atom stereocenters. The normalized spacial score (nSPS) is 23.6. The van der Waals surface area contributed by atoms with E-state index >= 15 is 0 Å². The lowest BCUT2D eigenvalue weighted by Gasteiger charge is -2.14. The molecule has 0 aliphatic carbocycles. The minimum Gasteiger partial charge on any atom is -0.424 e. The van der Waals surface area contributed by atoms with Crippen molar-refractivity contribution < 1.29 is 23.7 Å². The van der Waals surface area contributed by atoms with Gasteiger partial charge < -0.3 is 18.9 Å². The third-order valence-corrected chi connectivity index (χ3v) is 2.04. The highest BCUT2D eigenvalue weighted by Gasteiger charge is 2.36. The second-order valence-corrected chi connectivity index (χ2v) is 3.21. The molecule has 0 bridgehead atoms. The summed E-state index contributed by atoms with van der Waals surface area (Å²) in [4.78, 5) is 10.9. The SMILES string of the molecule is CCOCC1OC(=O)OC1COCCC#N. The van der Waals surface area contributed by atoms with Crippen molar-refractivity contribution in [1.82, 2.24) is 0 Å². The van der Waals surface area contributed by atoms with E-state index in [0.717, 1.165) is 0 Å². The summed E-state index contributed by atoms with van der Waals surface area (Å²) in [5, 5.41) is 8.31. The first-order chi connectivity index (χ1) is 7.77. The summed E-state index contributed by atoms with van der Waals surface area (Å²) in [5.74, 6) is 0. The fraction of sp³-hybridized carbons (Fsp3) is 0.800. The molecule has 1 rings (SSSR count). The minimum absolute atomic E-state index is 0.227. The zero-order chi connectivity index (χ0) is 11.8. The highest BCUT2D eigenvalue weighted by atomic mass is 16.8. The van der Waals surface area contributed by atoms with Gasteiger partial charge in [0.05, 0.1) is 32.3 Å². The van der Waals surface area contributed by atoms with Crippen LogP contribution in [0, 0.1) is 11.3 Å². The number of carbonyl (C=O) groups excluding carboxylic acids is 1. The van der Waals surface area contributed by atoms with Crippen LogP contribution >= 0.6 is 0 Å². The largest absolute Gasteiger partial charge is 0.509 e. The Labute approximate surface area is 94.0 Å². The van der Waals surface area contributed by atoms with Crippen LogP contribution in [0.1, 0.15) is 13.3 Å². The molecule has 6 nitrogen and oxygen atoms in total. The summed E-state index contributed by atoms with van der Waals surface area (Å²) < 4.78 is 20.1. The maximum absolute atomic E-state index is 10.9. The lowest BCUT2D eigenvalue weighted by Crippen LogP contribution is -2.31. The van der Waals surface area contributed by atoms with Crippen molar-refractivity contribution in [3.63, 3.8) is 0 Å². The van der Waals surface area contributed by atoms with Gasteiger partial charge >= 0.3 is 6.16 Å². The van der Waals surface area contributed by atoms with Gasteiger partial charge in [-0.3, -0.25) is 0 Å². The van der Waals surface area contributed by atoms with E-state index in [1.54, 1.807) is 0 Å². The molecule has 0 saturated carbocycles. The zero-order valence-corrected chi connectivity index (χ0v) is 9.18. The maximum Gasteiger partial charge on any atom is 0.509 e. The van der Waals surface area contributed by atoms with Crippen LogP contribution < -0.4 is 0 Å². The molecule has 0 radical (unpaired) electrons. The van der Waals surface area contributed by atoms with E-state index in [-0.39, 0.29) is 6.61 Å². The number of hydrogen-bond acceptors (Lipinski definition) is 6. The van der Waals surface area contributed by atoms with Gasteiger partial charge in [-0.1, -0.05) is 0 Å². The molecule has 1 saturated heterocycles. The fourth-order valence-corrected chi connectivity index (χ4v) is 1.26. The lowest BCUT2D eigenvalue weighted by atomic mass is 10.2. The lowest BCUT2D eigenvalue weighted by molar-refractivity contribution is -0.000370. The number of nitriles is 1. The third-order valence-electron chi connectivity index (χ3n) is 2.04. The second kappa shape index (κ2) is 7.04. The van der Waals surface area contributed by atoms with E-state index in [0.29, 0.717) is 26.2 Å². The van der Waals surface area contributed by atoms with Crippen molar-refractivity contribution >= 4 is 6.16 Å². The van der Waals surface area contributed by atoms with E-state index in [9.17, 15) is 4.79 Å². The zero-order valence-electron chi connectivity index (χ0n) is 9.18. The van der Waals surface area contributed by atoms with Gasteiger partial charge in [0, 0.05) is 6.61 Å². The monoisotopic (exact) mass is 229 g/mol. The molecular formula is C10H15NO5. The number of cyclic esters (lactones) is 2. The molecule has 16 heavy (non-hydrogen) atoms. The molecule has 0 amide bonds. The molecule has 0 N–H and O–H groups in total. The predicted molar refractivity (Wildman–Crippen MR) is 52.7 cm³/mol. The quantitative estimate of drug-likeness (QED) is 0.476. The van der Waals surface area contributed by atoms with E-state index in [1.165, 1.54) is 0 Å². The molecule has 0 aromatic heterocycles. The molecule has 6 heteroatoms. The van der Waals surface area contributed by atoms with Crippen LogP contribution in [-0.2, 0) is 18.9 Å². The van der Waals surface area contributed by atoms with Gasteiger partial charge in [0.2, 0.25) is 0 Å². The summed E-state index contributed by atoms with van der Waals surface area (Å²) in [7, 11) is 0. The topological polar surface area (TPSA) is 77.8 Å². The minimum atomic E-state index is -0.696. The predicted octanol–water partition coefficient (Wildman–Crippen LogP) is 0.857. The van der Waals surface area contributed by atoms with Crippen molar-refractivity contribution in [3.8, 4) is 6.07 Å². The molecule has 1 fully saturated rings. The standard InChI is InChI=1S/C10H15NO5/c1-2-13-6-8-9(16-10(12)15-8)7-14-5-3-4-11/h8-9H,2-3,5-7H2,1H3. The summed E-state index contributed by atoms with van der Waals surface area (Å²) in [6.07, 6.45) is -1.25. The fourth-order valence-electron chi connectivity index (χ4n) is 1.26. The second-order valence-electron chi connectivity index (χ2n) is 3.21. The van der Waals surface area contributed by atoms with Gasteiger partial charge in [-0.15, -0.1) is 0 Å². The maximum atomic E-state index is 10.9. The van der Waals surface area contributed by atoms with Gasteiger partial charge in [0.25, 0.3) is 0 Å². The number of hydrogen-bond donors (Lipinski definition) is 0. The van der Waals surface area contributed by atoms with E-state index in [4.69, 9.17) is 24.2 Å². The van der Waals surface area contributed by atoms with E-state index in [2.05, 4.69) is 0 Å². The van der Waals surface area contributed by atoms with Gasteiger partial charge in [-0.2, -0.15) is 5.26 Å². The number of ether oxygens (including phenoxy) is 4. The van der Waals surface area contributed by atoms with Crippen molar-refractivity contribution in [2.75, 3.05) is 26.4 Å². The Bertz CT molecular complexity index is 262. The third kappa shape index (κ3) is 4.04. The molecular weight excluding hydrogens is 214 g/mol. The van der Waals surface area contributed by atoms with Crippen molar-refractivity contribution in [2.45, 2.75) is 25.6 Å². The molecule has 1 heterocycles. The van der Waals surface area contributed by atoms with Gasteiger partial charge in [-0.25, -0.2) is 4.79 Å². The number of carbonyl (C=O) groups is 1. The molecule has 1 aliphatic heterocycles. The number of nitrogens with zero attached hydrogens (tertiary/aromatic N) is 1. The van der Waals surface area contributed by atoms with Gasteiger partial charge in [0.1, 0.15) is 0 Å². The first-order valence-corrected chi connectivity index (χ1v) is 5.17. The molecule has 90 valence electrons. The first-order valence-electron chi connectivity index (χ1n) is 5.17. The molecule has 1 aliphatic rings. The first kappa shape index (κ1) is 12.7. The molecule has 0 spiro atoms. The summed E-state index contributed by atoms with van der Waals surface area (Å²) in [6.45, 7) is 3.26. The average molecular weight is 229 g/mol. The highest BCUT2D eigenvalue weighted by Crippen LogP contribution is 2.16. The smallest absolute Gasteiger partial charge is 0.424 e. The van der Waals surface area contributed by atoms with Crippen LogP contribution in [0.25, 0.3) is 0 Å². The van der Waals surface area contributed by atoms with Crippen LogP contribution in [0.4, 0.5) is 4.79 Å². The Morgan fingerprint density at radius 1 is 1.31 bits per heavy atom. The molecule has 2 atom stereocenters. The van der Waals surface area contributed by atoms with Crippen molar-refractivity contribution in [1.29, 1.82) is 5.26 Å². The summed E-state index contributed by atoms with van der Waals surface area (Å²) >= 11 is 0. The Hall–Kier alpha value is -1.32. The summed E-state index contributed by atoms with van der Waals surface area (Å²) in [5.41, 5.74) is 0. The van der Waals surface area contributed by atoms with Gasteiger partial charge in [-0.05, 0) is 6.92 Å². The van der Waals surface area contributed by atoms with Crippen LogP contribution in [0.5, 0.6) is 0 Å². The summed E-state index contributed by atoms with van der Waals surface area (Å²) in [6, 6.07) is 1.96. The van der Waals surface area contributed by atoms with Crippen molar-refractivity contribution in [2.24, 2.45) is 0 Å².